The number of hydrogen-bond donors (Lipinski definition) is 1. The van der Waals surface area contributed by atoms with E-state index in [0.717, 1.165) is 57.0 Å². The molecule has 2 aromatic rings. The average Bonchev–Trinajstić information content (AvgIpc) is 3.81. The number of rotatable bonds is 6. The third-order valence-corrected chi connectivity index (χ3v) is 5.32. The van der Waals surface area contributed by atoms with Crippen LogP contribution in [0.25, 0.3) is 16.7 Å². The molecule has 216 valence electrons. The second-order valence-electron chi connectivity index (χ2n) is 7.38. The summed E-state index contributed by atoms with van der Waals surface area (Å²) in [4.78, 5) is 25.0. The Hall–Kier alpha value is -3.20. The van der Waals surface area contributed by atoms with Crippen molar-refractivity contribution >= 4 is 34.1 Å². The topological polar surface area (TPSA) is 46.2 Å². The highest BCUT2D eigenvalue weighted by Gasteiger charge is 2.40. The van der Waals surface area contributed by atoms with Crippen LogP contribution < -0.4 is 5.32 Å². The summed E-state index contributed by atoms with van der Waals surface area (Å²) in [6.07, 6.45) is 7.00. The van der Waals surface area contributed by atoms with Crippen LogP contribution in [-0.4, -0.2) is 11.7 Å². The second-order valence-corrected chi connectivity index (χ2v) is 7.38. The summed E-state index contributed by atoms with van der Waals surface area (Å²) in [6, 6.07) is 13.8. The van der Waals surface area contributed by atoms with Crippen LogP contribution in [0.1, 0.15) is 120 Å². The lowest BCUT2D eigenvalue weighted by atomic mass is 9.91. The Morgan fingerprint density at radius 1 is 0.872 bits per heavy atom. The summed E-state index contributed by atoms with van der Waals surface area (Å²) in [5.74, 6) is 0.851. The molecule has 0 saturated carbocycles. The number of carbonyl (C=O) groups excluding carboxylic acids is 2. The van der Waals surface area contributed by atoms with Crippen LogP contribution in [0.3, 0.4) is 0 Å². The summed E-state index contributed by atoms with van der Waals surface area (Å²) in [5, 5.41) is 2.89. The zero-order valence-corrected chi connectivity index (χ0v) is 26.7. The van der Waals surface area contributed by atoms with E-state index >= 15 is 0 Å². The van der Waals surface area contributed by atoms with Gasteiger partial charge in [0.15, 0.2) is 5.78 Å². The molecule has 1 amide bonds. The van der Waals surface area contributed by atoms with Gasteiger partial charge in [-0.3, -0.25) is 9.59 Å². The quantitative estimate of drug-likeness (QED) is 0.401. The van der Waals surface area contributed by atoms with Crippen LogP contribution in [0.4, 0.5) is 5.69 Å². The number of amides is 1. The number of ketones is 1. The molecule has 2 aliphatic carbocycles. The van der Waals surface area contributed by atoms with Crippen LogP contribution >= 0.6 is 0 Å². The predicted molar refractivity (Wildman–Crippen MR) is 178 cm³/mol. The zero-order valence-electron chi connectivity index (χ0n) is 26.7. The van der Waals surface area contributed by atoms with Crippen molar-refractivity contribution in [2.45, 2.75) is 95.9 Å². The highest BCUT2D eigenvalue weighted by atomic mass is 16.1. The first-order chi connectivity index (χ1) is 19.0. The summed E-state index contributed by atoms with van der Waals surface area (Å²) in [5.41, 5.74) is 7.57. The fourth-order valence-corrected chi connectivity index (χ4v) is 3.83. The van der Waals surface area contributed by atoms with Gasteiger partial charge in [-0.25, -0.2) is 0 Å². The Balaban J connectivity index is -0.00000113. The molecular formula is C36H55NO2. The van der Waals surface area contributed by atoms with E-state index in [2.05, 4.69) is 24.0 Å². The number of allylic oxidation sites excluding steroid dienone is 5. The molecule has 3 nitrogen and oxygen atoms in total. The van der Waals surface area contributed by atoms with Crippen LogP contribution in [0.5, 0.6) is 0 Å². The van der Waals surface area contributed by atoms with Crippen molar-refractivity contribution in [3.05, 3.63) is 95.8 Å². The molecule has 0 fully saturated rings. The minimum absolute atomic E-state index is 0. The van der Waals surface area contributed by atoms with Crippen molar-refractivity contribution in [3.63, 3.8) is 0 Å². The SMILES string of the molecule is C=C[CH]c1ccc2c(c1)C1=C[C]1C(=O)C(c1ccc(NC(=O)CCC)cc1)=C2C.CC.CC.CC.CC.CC.[HH]. The zero-order chi connectivity index (χ0) is 30.5. The number of nitrogens with one attached hydrogen (secondary N) is 1. The van der Waals surface area contributed by atoms with Gasteiger partial charge in [0.05, 0.1) is 5.92 Å². The smallest absolute Gasteiger partial charge is 0.224 e. The molecule has 0 aliphatic heterocycles. The lowest BCUT2D eigenvalue weighted by molar-refractivity contribution is -0.116. The maximum atomic E-state index is 13.2. The number of hydrogen-bond acceptors (Lipinski definition) is 2. The molecule has 39 heavy (non-hydrogen) atoms. The Labute approximate surface area is 242 Å². The molecule has 0 atom stereocenters. The highest BCUT2D eigenvalue weighted by molar-refractivity contribution is 6.43. The number of benzene rings is 2. The van der Waals surface area contributed by atoms with Crippen LogP contribution in [-0.2, 0) is 9.59 Å². The van der Waals surface area contributed by atoms with Crippen LogP contribution in [0.15, 0.2) is 61.2 Å². The van der Waals surface area contributed by atoms with Crippen molar-refractivity contribution in [1.82, 2.24) is 0 Å². The molecule has 1 N–H and O–H groups in total. The van der Waals surface area contributed by atoms with E-state index in [1.54, 1.807) is 6.08 Å². The maximum absolute atomic E-state index is 13.2. The van der Waals surface area contributed by atoms with Gasteiger partial charge < -0.3 is 5.32 Å². The van der Waals surface area contributed by atoms with E-state index in [1.807, 2.05) is 126 Å². The molecule has 0 spiro atoms. The van der Waals surface area contributed by atoms with E-state index in [1.165, 1.54) is 0 Å². The number of Topliss-reactive ketones (excluding diaryl/α,β-unsaturated/α-hetero) is 1. The van der Waals surface area contributed by atoms with E-state index in [-0.39, 0.29) is 13.1 Å². The van der Waals surface area contributed by atoms with Crippen molar-refractivity contribution in [3.8, 4) is 0 Å². The molecule has 2 radical (unpaired) electrons. The Kier molecular flexibility index (Phi) is 21.1. The van der Waals surface area contributed by atoms with Gasteiger partial charge in [0.2, 0.25) is 5.91 Å². The van der Waals surface area contributed by atoms with Crippen LogP contribution in [0, 0.1) is 12.3 Å². The van der Waals surface area contributed by atoms with Crippen molar-refractivity contribution in [1.29, 1.82) is 0 Å². The minimum atomic E-state index is 0. The Bertz CT molecular complexity index is 1080. The van der Waals surface area contributed by atoms with Gasteiger partial charge in [-0.15, -0.1) is 6.58 Å². The van der Waals surface area contributed by atoms with Crippen LogP contribution in [0.2, 0.25) is 0 Å². The van der Waals surface area contributed by atoms with E-state index in [0.29, 0.717) is 6.42 Å². The fraction of sp³-hybridized carbons (Fsp3) is 0.389. The Morgan fingerprint density at radius 2 is 1.44 bits per heavy atom. The van der Waals surface area contributed by atoms with Gasteiger partial charge in [0.25, 0.3) is 0 Å². The third-order valence-electron chi connectivity index (χ3n) is 5.32. The van der Waals surface area contributed by atoms with Gasteiger partial charge in [0.1, 0.15) is 0 Å². The van der Waals surface area contributed by atoms with Gasteiger partial charge in [-0.05, 0) is 58.9 Å². The monoisotopic (exact) mass is 533 g/mol. The molecule has 3 heteroatoms. The molecule has 0 aromatic heterocycles. The number of carbonyl (C=O) groups is 2. The fourth-order valence-electron chi connectivity index (χ4n) is 3.83. The minimum Gasteiger partial charge on any atom is -0.326 e. The third kappa shape index (κ3) is 10.5. The number of fused-ring (bicyclic) bond motifs is 3. The first-order valence-electron chi connectivity index (χ1n) is 14.9. The van der Waals surface area contributed by atoms with Gasteiger partial charge in [0, 0.05) is 25.5 Å². The van der Waals surface area contributed by atoms with Gasteiger partial charge in [-0.1, -0.05) is 119 Å². The van der Waals surface area contributed by atoms with E-state index in [9.17, 15) is 9.59 Å². The van der Waals surface area contributed by atoms with E-state index < -0.39 is 0 Å². The summed E-state index contributed by atoms with van der Waals surface area (Å²) in [6.45, 7) is 27.7. The average molecular weight is 534 g/mol. The van der Waals surface area contributed by atoms with Crippen molar-refractivity contribution in [2.24, 2.45) is 0 Å². The molecule has 0 unspecified atom stereocenters. The molecule has 0 bridgehead atoms. The summed E-state index contributed by atoms with van der Waals surface area (Å²) < 4.78 is 0. The number of anilines is 1. The molecule has 4 rings (SSSR count). The molecule has 2 aliphatic rings. The predicted octanol–water partition coefficient (Wildman–Crippen LogP) is 11.0. The standard InChI is InChI=1S/C26H23NO2.5C2H6.H2/c1-4-6-17-8-13-20-16(3)25(26(29)23-15-22(23)21(20)14-17)18-9-11-19(12-10-18)27-24(28)7-5-2;5*1-2;/h4,6,8-15H,1,5,7H2,2-3H3,(H,27,28);5*1-2H3;1H. The lowest BCUT2D eigenvalue weighted by Gasteiger charge is -2.13. The van der Waals surface area contributed by atoms with Crippen molar-refractivity contribution < 1.29 is 11.0 Å². The Morgan fingerprint density at radius 3 is 1.95 bits per heavy atom. The van der Waals surface area contributed by atoms with Gasteiger partial charge >= 0.3 is 0 Å². The summed E-state index contributed by atoms with van der Waals surface area (Å²) >= 11 is 0. The second kappa shape index (κ2) is 21.7. The van der Waals surface area contributed by atoms with Gasteiger partial charge in [-0.2, -0.15) is 0 Å². The first-order valence-corrected chi connectivity index (χ1v) is 14.9. The normalized spacial score (nSPS) is 12.1. The summed E-state index contributed by atoms with van der Waals surface area (Å²) in [7, 11) is 0. The molecule has 0 heterocycles. The largest absolute Gasteiger partial charge is 0.326 e. The lowest BCUT2D eigenvalue weighted by Crippen LogP contribution is -2.10. The molecule has 2 aromatic carbocycles. The highest BCUT2D eigenvalue weighted by Crippen LogP contribution is 2.50. The first kappa shape index (κ1) is 37.9. The molecule has 0 saturated heterocycles. The van der Waals surface area contributed by atoms with Crippen molar-refractivity contribution in [2.75, 3.05) is 5.32 Å². The maximum Gasteiger partial charge on any atom is 0.224 e. The molecular weight excluding hydrogens is 478 g/mol. The van der Waals surface area contributed by atoms with E-state index in [4.69, 9.17) is 0 Å².